The molecule has 0 bridgehead atoms. The Morgan fingerprint density at radius 2 is 1.95 bits per heavy atom. The van der Waals surface area contributed by atoms with Crippen LogP contribution in [0, 0.1) is 17.1 Å². The molecule has 19 heavy (non-hydrogen) atoms. The van der Waals surface area contributed by atoms with Crippen LogP contribution in [0.25, 0.3) is 6.08 Å². The maximum atomic E-state index is 12.8. The first-order chi connectivity index (χ1) is 9.04. The van der Waals surface area contributed by atoms with Crippen LogP contribution < -0.4 is 0 Å². The van der Waals surface area contributed by atoms with Crippen LogP contribution in [0.2, 0.25) is 0 Å². The van der Waals surface area contributed by atoms with Crippen molar-refractivity contribution in [3.05, 3.63) is 59.0 Å². The Hall–Kier alpha value is -2.39. The van der Waals surface area contributed by atoms with Gasteiger partial charge in [0.2, 0.25) is 9.84 Å². The molecule has 0 amide bonds. The third kappa shape index (κ3) is 2.72. The molecule has 0 radical (unpaired) electrons. The zero-order valence-corrected chi connectivity index (χ0v) is 10.5. The van der Waals surface area contributed by atoms with Gasteiger partial charge in [-0.1, -0.05) is 0 Å². The molecule has 0 saturated carbocycles. The van der Waals surface area contributed by atoms with Gasteiger partial charge in [0.05, 0.1) is 4.90 Å². The number of H-pyrrole nitrogens is 1. The van der Waals surface area contributed by atoms with E-state index in [9.17, 15) is 12.8 Å². The smallest absolute Gasteiger partial charge is 0.216 e. The highest BCUT2D eigenvalue weighted by atomic mass is 32.2. The van der Waals surface area contributed by atoms with Crippen molar-refractivity contribution in [3.63, 3.8) is 0 Å². The lowest BCUT2D eigenvalue weighted by Gasteiger charge is -2.02. The average Bonchev–Trinajstić information content (AvgIpc) is 2.89. The maximum absolute atomic E-state index is 12.8. The molecule has 4 nitrogen and oxygen atoms in total. The number of hydrogen-bond acceptors (Lipinski definition) is 3. The predicted octanol–water partition coefficient (Wildman–Crippen LogP) is 2.49. The number of hydrogen-bond donors (Lipinski definition) is 1. The summed E-state index contributed by atoms with van der Waals surface area (Å²) in [6.07, 6.45) is 2.85. The van der Waals surface area contributed by atoms with Crippen LogP contribution in [0.3, 0.4) is 0 Å². The van der Waals surface area contributed by atoms with Crippen LogP contribution in [0.1, 0.15) is 5.69 Å². The summed E-state index contributed by atoms with van der Waals surface area (Å²) in [4.78, 5) is 2.26. The predicted molar refractivity (Wildman–Crippen MR) is 68.0 cm³/mol. The van der Waals surface area contributed by atoms with Gasteiger partial charge in [-0.05, 0) is 42.5 Å². The Kier molecular flexibility index (Phi) is 3.49. The second-order valence-corrected chi connectivity index (χ2v) is 5.62. The fourth-order valence-corrected chi connectivity index (χ4v) is 2.64. The number of nitriles is 1. The molecule has 1 heterocycles. The van der Waals surface area contributed by atoms with Crippen LogP contribution in [-0.2, 0) is 9.84 Å². The van der Waals surface area contributed by atoms with E-state index in [1.807, 2.05) is 0 Å². The van der Waals surface area contributed by atoms with Gasteiger partial charge in [0, 0.05) is 11.9 Å². The van der Waals surface area contributed by atoms with Crippen LogP contribution in [0.4, 0.5) is 4.39 Å². The van der Waals surface area contributed by atoms with Crippen molar-refractivity contribution in [1.82, 2.24) is 4.98 Å². The third-order valence-corrected chi connectivity index (χ3v) is 4.11. The van der Waals surface area contributed by atoms with E-state index in [4.69, 9.17) is 5.26 Å². The number of aromatic amines is 1. The van der Waals surface area contributed by atoms with E-state index >= 15 is 0 Å². The first-order valence-corrected chi connectivity index (χ1v) is 6.78. The van der Waals surface area contributed by atoms with E-state index in [0.717, 1.165) is 24.3 Å². The molecule has 0 saturated heterocycles. The quantitative estimate of drug-likeness (QED) is 0.691. The molecule has 0 aliphatic heterocycles. The van der Waals surface area contributed by atoms with Gasteiger partial charge in [-0.25, -0.2) is 12.8 Å². The Morgan fingerprint density at radius 3 is 2.47 bits per heavy atom. The second-order valence-electron chi connectivity index (χ2n) is 3.70. The Balaban J connectivity index is 2.49. The van der Waals surface area contributed by atoms with Gasteiger partial charge in [0.25, 0.3) is 0 Å². The van der Waals surface area contributed by atoms with Gasteiger partial charge in [0.1, 0.15) is 11.9 Å². The van der Waals surface area contributed by atoms with Crippen LogP contribution in [0.15, 0.2) is 52.4 Å². The first-order valence-electron chi connectivity index (χ1n) is 5.30. The molecule has 0 aliphatic rings. The Labute approximate surface area is 109 Å². The average molecular weight is 276 g/mol. The highest BCUT2D eigenvalue weighted by Gasteiger charge is 2.20. The molecule has 1 N–H and O–H groups in total. The monoisotopic (exact) mass is 276 g/mol. The van der Waals surface area contributed by atoms with Gasteiger partial charge in [-0.2, -0.15) is 5.26 Å². The number of rotatable bonds is 3. The topological polar surface area (TPSA) is 73.7 Å². The molecule has 0 atom stereocenters. The van der Waals surface area contributed by atoms with E-state index in [0.29, 0.717) is 5.69 Å². The van der Waals surface area contributed by atoms with Crippen molar-refractivity contribution >= 4 is 15.9 Å². The zero-order chi connectivity index (χ0) is 13.9. The molecule has 2 aromatic rings. The molecule has 0 unspecified atom stereocenters. The van der Waals surface area contributed by atoms with Crippen LogP contribution in [0.5, 0.6) is 0 Å². The largest absolute Gasteiger partial charge is 0.362 e. The first kappa shape index (κ1) is 13.1. The van der Waals surface area contributed by atoms with Gasteiger partial charge < -0.3 is 4.98 Å². The van der Waals surface area contributed by atoms with E-state index in [2.05, 4.69) is 4.98 Å². The minimum Gasteiger partial charge on any atom is -0.362 e. The number of nitrogens with one attached hydrogen (secondary N) is 1. The number of allylic oxidation sites excluding steroid dienone is 1. The number of sulfone groups is 1. The van der Waals surface area contributed by atoms with Crippen LogP contribution in [-0.4, -0.2) is 13.4 Å². The molecular weight excluding hydrogens is 267 g/mol. The molecule has 6 heteroatoms. The van der Waals surface area contributed by atoms with E-state index in [1.165, 1.54) is 6.08 Å². The number of aromatic nitrogens is 1. The summed E-state index contributed by atoms with van der Waals surface area (Å²) in [7, 11) is -3.93. The van der Waals surface area contributed by atoms with E-state index < -0.39 is 20.6 Å². The summed E-state index contributed by atoms with van der Waals surface area (Å²) in [6, 6.07) is 9.31. The molecule has 1 aromatic carbocycles. The van der Waals surface area contributed by atoms with Crippen molar-refractivity contribution in [1.29, 1.82) is 5.26 Å². The molecular formula is C13H9FN2O2S. The third-order valence-electron chi connectivity index (χ3n) is 2.43. The summed E-state index contributed by atoms with van der Waals surface area (Å²) in [6.45, 7) is 0. The van der Waals surface area contributed by atoms with Crippen molar-refractivity contribution < 1.29 is 12.8 Å². The lowest BCUT2D eigenvalue weighted by Crippen LogP contribution is -2.03. The van der Waals surface area contributed by atoms with Crippen molar-refractivity contribution in [3.8, 4) is 6.07 Å². The van der Waals surface area contributed by atoms with Crippen molar-refractivity contribution in [2.45, 2.75) is 4.90 Å². The second kappa shape index (κ2) is 5.08. The molecule has 0 aliphatic carbocycles. The van der Waals surface area contributed by atoms with Gasteiger partial charge in [0.15, 0.2) is 4.91 Å². The van der Waals surface area contributed by atoms with Gasteiger partial charge in [-0.15, -0.1) is 0 Å². The molecule has 96 valence electrons. The summed E-state index contributed by atoms with van der Waals surface area (Å²) in [5.41, 5.74) is 0.502. The van der Waals surface area contributed by atoms with Gasteiger partial charge in [-0.3, -0.25) is 0 Å². The highest BCUT2D eigenvalue weighted by Crippen LogP contribution is 2.20. The zero-order valence-electron chi connectivity index (χ0n) is 9.67. The number of nitrogens with zero attached hydrogens (tertiary/aromatic N) is 1. The molecule has 0 spiro atoms. The number of halogens is 1. The lowest BCUT2D eigenvalue weighted by atomic mass is 10.3. The normalized spacial score (nSPS) is 12.1. The minimum absolute atomic E-state index is 0.117. The van der Waals surface area contributed by atoms with Crippen molar-refractivity contribution in [2.75, 3.05) is 0 Å². The minimum atomic E-state index is -3.93. The summed E-state index contributed by atoms with van der Waals surface area (Å²) >= 11 is 0. The Bertz CT molecular complexity index is 739. The summed E-state index contributed by atoms with van der Waals surface area (Å²) in [5.74, 6) is -0.536. The highest BCUT2D eigenvalue weighted by molar-refractivity contribution is 7.95. The standard InChI is InChI=1S/C13H9FN2O2S/c14-10-3-5-12(6-4-10)19(17,18)13(9-15)8-11-2-1-7-16-11/h1-8,16H/b13-8+. The van der Waals surface area contributed by atoms with E-state index in [-0.39, 0.29) is 4.90 Å². The molecule has 0 fully saturated rings. The SMILES string of the molecule is N#C/C(=C\c1ccc[nH]1)S(=O)(=O)c1ccc(F)cc1. The van der Waals surface area contributed by atoms with Gasteiger partial charge >= 0.3 is 0 Å². The lowest BCUT2D eigenvalue weighted by molar-refractivity contribution is 0.601. The summed E-state index contributed by atoms with van der Waals surface area (Å²) in [5, 5.41) is 8.99. The molecule has 2 rings (SSSR count). The fraction of sp³-hybridized carbons (Fsp3) is 0. The molecule has 1 aromatic heterocycles. The van der Waals surface area contributed by atoms with E-state index in [1.54, 1.807) is 24.4 Å². The number of benzene rings is 1. The Morgan fingerprint density at radius 1 is 1.26 bits per heavy atom. The fourth-order valence-electron chi connectivity index (χ4n) is 1.49. The summed E-state index contributed by atoms with van der Waals surface area (Å²) < 4.78 is 37.1. The maximum Gasteiger partial charge on any atom is 0.216 e. The van der Waals surface area contributed by atoms with Crippen molar-refractivity contribution in [2.24, 2.45) is 0 Å². The van der Waals surface area contributed by atoms with Crippen LogP contribution >= 0.6 is 0 Å².